The van der Waals surface area contributed by atoms with E-state index in [1.807, 2.05) is 56.3 Å². The molecule has 37 heavy (non-hydrogen) atoms. The first-order chi connectivity index (χ1) is 17.9. The molecular weight excluding hydrogens is 507 g/mol. The maximum atomic E-state index is 13.6. The molecule has 0 amide bonds. The SMILES string of the molecule is Cc1cc(C=Nn2c(-c3cc4cc(Cl)ccc4o3)nc3ccccc3c2=O)c(C)n1-c1cccc(Cl)c1. The van der Waals surface area contributed by atoms with Gasteiger partial charge in [0.2, 0.25) is 5.82 Å². The van der Waals surface area contributed by atoms with Crippen molar-refractivity contribution in [3.63, 3.8) is 0 Å². The number of nitrogens with zero attached hydrogens (tertiary/aromatic N) is 4. The number of fused-ring (bicyclic) bond motifs is 2. The largest absolute Gasteiger partial charge is 0.453 e. The number of benzene rings is 3. The lowest BCUT2D eigenvalue weighted by Gasteiger charge is -2.10. The van der Waals surface area contributed by atoms with E-state index >= 15 is 0 Å². The molecule has 6 aromatic rings. The summed E-state index contributed by atoms with van der Waals surface area (Å²) in [6.07, 6.45) is 1.67. The number of halogens is 2. The maximum absolute atomic E-state index is 13.6. The molecule has 3 heterocycles. The van der Waals surface area contributed by atoms with Crippen molar-refractivity contribution in [3.8, 4) is 17.3 Å². The smallest absolute Gasteiger partial charge is 0.282 e. The van der Waals surface area contributed by atoms with Crippen LogP contribution in [-0.4, -0.2) is 20.4 Å². The van der Waals surface area contributed by atoms with Gasteiger partial charge in [-0.2, -0.15) is 9.78 Å². The number of hydrogen-bond donors (Lipinski definition) is 0. The lowest BCUT2D eigenvalue weighted by molar-refractivity contribution is 0.616. The monoisotopic (exact) mass is 526 g/mol. The number of aromatic nitrogens is 3. The average molecular weight is 527 g/mol. The van der Waals surface area contributed by atoms with Crippen LogP contribution < -0.4 is 5.56 Å². The summed E-state index contributed by atoms with van der Waals surface area (Å²) in [5.41, 5.74) is 4.70. The Hall–Kier alpha value is -4.13. The standard InChI is InChI=1S/C29H20Cl2N4O2/c1-17-12-20(18(2)34(17)23-7-5-6-21(30)15-23)16-32-35-28(33-25-9-4-3-8-24(25)29(35)36)27-14-19-13-22(31)10-11-26(19)37-27/h3-16H,1-2H3. The van der Waals surface area contributed by atoms with Crippen LogP contribution in [0.15, 0.2) is 93.2 Å². The van der Waals surface area contributed by atoms with E-state index < -0.39 is 0 Å². The normalized spacial score (nSPS) is 11.8. The molecule has 0 bridgehead atoms. The number of furan rings is 1. The summed E-state index contributed by atoms with van der Waals surface area (Å²) in [7, 11) is 0. The molecule has 0 radical (unpaired) electrons. The van der Waals surface area contributed by atoms with Crippen molar-refractivity contribution < 1.29 is 4.42 Å². The zero-order valence-corrected chi connectivity index (χ0v) is 21.5. The second-order valence-electron chi connectivity index (χ2n) is 8.75. The van der Waals surface area contributed by atoms with Crippen LogP contribution in [0.4, 0.5) is 0 Å². The van der Waals surface area contributed by atoms with Crippen molar-refractivity contribution in [1.82, 2.24) is 14.2 Å². The van der Waals surface area contributed by atoms with Crippen molar-refractivity contribution in [2.45, 2.75) is 13.8 Å². The first-order valence-electron chi connectivity index (χ1n) is 11.6. The third kappa shape index (κ3) is 4.14. The predicted molar refractivity (Wildman–Crippen MR) is 149 cm³/mol. The molecule has 3 aromatic heterocycles. The van der Waals surface area contributed by atoms with E-state index in [1.165, 1.54) is 4.68 Å². The highest BCUT2D eigenvalue weighted by Crippen LogP contribution is 2.29. The lowest BCUT2D eigenvalue weighted by atomic mass is 10.2. The number of para-hydroxylation sites is 1. The second-order valence-corrected chi connectivity index (χ2v) is 9.62. The van der Waals surface area contributed by atoms with E-state index in [-0.39, 0.29) is 5.56 Å². The Balaban J connectivity index is 1.52. The Morgan fingerprint density at radius 1 is 0.919 bits per heavy atom. The minimum Gasteiger partial charge on any atom is -0.453 e. The van der Waals surface area contributed by atoms with Gasteiger partial charge in [-0.3, -0.25) is 4.79 Å². The zero-order valence-electron chi connectivity index (χ0n) is 19.9. The second kappa shape index (κ2) is 9.07. The summed E-state index contributed by atoms with van der Waals surface area (Å²) < 4.78 is 9.43. The van der Waals surface area contributed by atoms with E-state index in [9.17, 15) is 4.79 Å². The minimum absolute atomic E-state index is 0.293. The van der Waals surface area contributed by atoms with E-state index in [0.29, 0.717) is 38.1 Å². The van der Waals surface area contributed by atoms with E-state index in [4.69, 9.17) is 32.6 Å². The Bertz CT molecular complexity index is 1910. The van der Waals surface area contributed by atoms with Gasteiger partial charge >= 0.3 is 0 Å². The lowest BCUT2D eigenvalue weighted by Crippen LogP contribution is -2.20. The molecule has 0 saturated carbocycles. The first kappa shape index (κ1) is 23.3. The van der Waals surface area contributed by atoms with Gasteiger partial charge < -0.3 is 8.98 Å². The highest BCUT2D eigenvalue weighted by molar-refractivity contribution is 6.31. The average Bonchev–Trinajstić information content (AvgIpc) is 3.42. The van der Waals surface area contributed by atoms with E-state index in [2.05, 4.69) is 9.67 Å². The molecule has 0 fully saturated rings. The molecule has 6 rings (SSSR count). The van der Waals surface area contributed by atoms with Gasteiger partial charge in [0.15, 0.2) is 5.76 Å². The molecule has 0 aliphatic rings. The molecule has 0 saturated heterocycles. The van der Waals surface area contributed by atoms with Crippen molar-refractivity contribution in [1.29, 1.82) is 0 Å². The summed E-state index contributed by atoms with van der Waals surface area (Å²) in [6, 6.07) is 24.0. The van der Waals surface area contributed by atoms with Crippen molar-refractivity contribution in [2.24, 2.45) is 5.10 Å². The van der Waals surface area contributed by atoms with E-state index in [0.717, 1.165) is 28.0 Å². The summed E-state index contributed by atoms with van der Waals surface area (Å²) in [5.74, 6) is 0.720. The van der Waals surface area contributed by atoms with Crippen LogP contribution in [0.1, 0.15) is 17.0 Å². The summed E-state index contributed by atoms with van der Waals surface area (Å²) in [6.45, 7) is 4.01. The molecule has 0 N–H and O–H groups in total. The van der Waals surface area contributed by atoms with Crippen LogP contribution in [0.2, 0.25) is 10.0 Å². The molecule has 8 heteroatoms. The Morgan fingerprint density at radius 3 is 2.57 bits per heavy atom. The van der Waals surface area contributed by atoms with Gasteiger partial charge in [0, 0.05) is 38.1 Å². The van der Waals surface area contributed by atoms with Gasteiger partial charge in [-0.05, 0) is 74.5 Å². The molecule has 0 spiro atoms. The molecule has 0 unspecified atom stereocenters. The fraction of sp³-hybridized carbons (Fsp3) is 0.0690. The Morgan fingerprint density at radius 2 is 1.73 bits per heavy atom. The van der Waals surface area contributed by atoms with Crippen LogP contribution in [0.3, 0.4) is 0 Å². The van der Waals surface area contributed by atoms with Crippen LogP contribution in [0.25, 0.3) is 39.1 Å². The number of hydrogen-bond acceptors (Lipinski definition) is 4. The van der Waals surface area contributed by atoms with Gasteiger partial charge in [0.1, 0.15) is 5.58 Å². The highest BCUT2D eigenvalue weighted by Gasteiger charge is 2.17. The molecule has 0 aliphatic heterocycles. The molecule has 0 aliphatic carbocycles. The Labute approximate surface area is 222 Å². The Kier molecular flexibility index (Phi) is 5.71. The third-order valence-electron chi connectivity index (χ3n) is 6.30. The van der Waals surface area contributed by atoms with Crippen LogP contribution >= 0.6 is 23.2 Å². The summed E-state index contributed by atoms with van der Waals surface area (Å²) in [5, 5.41) is 7.14. The van der Waals surface area contributed by atoms with Crippen molar-refractivity contribution >= 4 is 51.3 Å². The molecular formula is C29H20Cl2N4O2. The predicted octanol–water partition coefficient (Wildman–Crippen LogP) is 7.41. The van der Waals surface area contributed by atoms with Gasteiger partial charge in [0.25, 0.3) is 5.56 Å². The first-order valence-corrected chi connectivity index (χ1v) is 12.3. The summed E-state index contributed by atoms with van der Waals surface area (Å²) >= 11 is 12.4. The molecule has 6 nitrogen and oxygen atoms in total. The van der Waals surface area contributed by atoms with Gasteiger partial charge in [-0.1, -0.05) is 41.4 Å². The highest BCUT2D eigenvalue weighted by atomic mass is 35.5. The number of aryl methyl sites for hydroxylation is 1. The van der Waals surface area contributed by atoms with Crippen LogP contribution in [0.5, 0.6) is 0 Å². The topological polar surface area (TPSA) is 65.3 Å². The number of rotatable bonds is 4. The maximum Gasteiger partial charge on any atom is 0.282 e. The van der Waals surface area contributed by atoms with Crippen LogP contribution in [-0.2, 0) is 0 Å². The molecule has 182 valence electrons. The third-order valence-corrected chi connectivity index (χ3v) is 6.77. The van der Waals surface area contributed by atoms with Gasteiger partial charge in [0.05, 0.1) is 17.1 Å². The van der Waals surface area contributed by atoms with Crippen LogP contribution in [0, 0.1) is 13.8 Å². The minimum atomic E-state index is -0.293. The molecule has 3 aromatic carbocycles. The quantitative estimate of drug-likeness (QED) is 0.224. The fourth-order valence-electron chi connectivity index (χ4n) is 4.57. The van der Waals surface area contributed by atoms with Crippen molar-refractivity contribution in [2.75, 3.05) is 0 Å². The molecule has 0 atom stereocenters. The zero-order chi connectivity index (χ0) is 25.7. The van der Waals surface area contributed by atoms with Gasteiger partial charge in [-0.15, -0.1) is 0 Å². The van der Waals surface area contributed by atoms with E-state index in [1.54, 1.807) is 42.6 Å². The van der Waals surface area contributed by atoms with Gasteiger partial charge in [-0.25, -0.2) is 4.98 Å². The van der Waals surface area contributed by atoms with Crippen molar-refractivity contribution in [3.05, 3.63) is 116 Å². The fourth-order valence-corrected chi connectivity index (χ4v) is 4.93. The summed E-state index contributed by atoms with van der Waals surface area (Å²) in [4.78, 5) is 18.3.